The molecule has 0 aliphatic heterocycles. The molecule has 8 nitrogen and oxygen atoms in total. The van der Waals surface area contributed by atoms with Gasteiger partial charge in [-0.1, -0.05) is 18.2 Å². The highest BCUT2D eigenvalue weighted by Gasteiger charge is 2.12. The Morgan fingerprint density at radius 1 is 0.893 bits per heavy atom. The number of anilines is 3. The van der Waals surface area contributed by atoms with Gasteiger partial charge in [0.1, 0.15) is 23.3 Å². The summed E-state index contributed by atoms with van der Waals surface area (Å²) in [6.45, 7) is 4.38. The third-order valence-electron chi connectivity index (χ3n) is 3.79. The fourth-order valence-electron chi connectivity index (χ4n) is 2.52. The van der Waals surface area contributed by atoms with Crippen molar-refractivity contribution < 1.29 is 8.42 Å². The van der Waals surface area contributed by atoms with E-state index in [4.69, 9.17) is 0 Å². The van der Waals surface area contributed by atoms with Gasteiger partial charge in [-0.05, 0) is 43.7 Å². The molecular weight excluding hydrogens is 376 g/mol. The van der Waals surface area contributed by atoms with E-state index in [2.05, 4.69) is 30.3 Å². The molecule has 146 valence electrons. The zero-order valence-electron chi connectivity index (χ0n) is 15.7. The van der Waals surface area contributed by atoms with Crippen molar-refractivity contribution in [2.45, 2.75) is 18.7 Å². The lowest BCUT2D eigenvalue weighted by Crippen LogP contribution is -2.29. The van der Waals surface area contributed by atoms with E-state index in [0.717, 1.165) is 5.56 Å². The highest BCUT2D eigenvalue weighted by molar-refractivity contribution is 7.89. The largest absolute Gasteiger partial charge is 0.369 e. The number of benzene rings is 1. The Morgan fingerprint density at radius 2 is 1.64 bits per heavy atom. The van der Waals surface area contributed by atoms with Gasteiger partial charge in [-0.2, -0.15) is 0 Å². The number of hydrogen-bond acceptors (Lipinski definition) is 7. The molecule has 28 heavy (non-hydrogen) atoms. The topological polar surface area (TPSA) is 109 Å². The van der Waals surface area contributed by atoms with Gasteiger partial charge in [-0.15, -0.1) is 0 Å². The first-order chi connectivity index (χ1) is 13.4. The first kappa shape index (κ1) is 19.7. The predicted molar refractivity (Wildman–Crippen MR) is 109 cm³/mol. The van der Waals surface area contributed by atoms with Gasteiger partial charge in [0.15, 0.2) is 0 Å². The Hall–Kier alpha value is -3.04. The number of rotatable bonds is 8. The van der Waals surface area contributed by atoms with Crippen LogP contribution in [0.2, 0.25) is 0 Å². The van der Waals surface area contributed by atoms with Gasteiger partial charge in [0.05, 0.1) is 4.90 Å². The molecule has 1 aromatic carbocycles. The van der Waals surface area contributed by atoms with Crippen molar-refractivity contribution in [1.82, 2.24) is 19.7 Å². The molecule has 0 atom stereocenters. The average molecular weight is 398 g/mol. The molecule has 0 amide bonds. The average Bonchev–Trinajstić information content (AvgIpc) is 2.66. The molecule has 3 aromatic rings. The lowest BCUT2D eigenvalue weighted by molar-refractivity contribution is 0.583. The van der Waals surface area contributed by atoms with E-state index < -0.39 is 10.0 Å². The summed E-state index contributed by atoms with van der Waals surface area (Å²) in [6.07, 6.45) is 1.73. The van der Waals surface area contributed by atoms with Gasteiger partial charge in [-0.3, -0.25) is 0 Å². The standard InChI is InChI=1S/C19H22N6O2S/c1-14-8-9-20-17(12-14)25-19-13-18(23-15(2)24-19)21-10-11-22-28(26,27)16-6-4-3-5-7-16/h3-9,12-13,22H,10-11H2,1-2H3,(H2,20,21,23,24,25). The number of pyridine rings is 1. The van der Waals surface area contributed by atoms with Crippen LogP contribution in [0.25, 0.3) is 0 Å². The second kappa shape index (κ2) is 8.77. The van der Waals surface area contributed by atoms with Crippen molar-refractivity contribution in [3.8, 4) is 0 Å². The summed E-state index contributed by atoms with van der Waals surface area (Å²) in [7, 11) is -3.52. The first-order valence-electron chi connectivity index (χ1n) is 8.76. The van der Waals surface area contributed by atoms with Crippen LogP contribution in [0.1, 0.15) is 11.4 Å². The Labute approximate surface area is 164 Å². The minimum absolute atomic E-state index is 0.225. The maximum atomic E-state index is 12.2. The SMILES string of the molecule is Cc1ccnc(Nc2cc(NCCNS(=O)(=O)c3ccccc3)nc(C)n2)c1. The summed E-state index contributed by atoms with van der Waals surface area (Å²) >= 11 is 0. The zero-order valence-corrected chi connectivity index (χ0v) is 16.5. The molecule has 0 aliphatic rings. The van der Waals surface area contributed by atoms with Crippen LogP contribution < -0.4 is 15.4 Å². The molecule has 0 saturated carbocycles. The number of aromatic nitrogens is 3. The Morgan fingerprint density at radius 3 is 2.39 bits per heavy atom. The monoisotopic (exact) mass is 398 g/mol. The maximum absolute atomic E-state index is 12.2. The van der Waals surface area contributed by atoms with Crippen molar-refractivity contribution in [3.05, 3.63) is 66.1 Å². The summed E-state index contributed by atoms with van der Waals surface area (Å²) in [5, 5.41) is 6.26. The van der Waals surface area contributed by atoms with Crippen LogP contribution in [0.5, 0.6) is 0 Å². The van der Waals surface area contributed by atoms with E-state index in [0.29, 0.717) is 29.8 Å². The highest BCUT2D eigenvalue weighted by atomic mass is 32.2. The number of nitrogens with one attached hydrogen (secondary N) is 3. The minimum atomic E-state index is -3.52. The second-order valence-corrected chi connectivity index (χ2v) is 7.93. The van der Waals surface area contributed by atoms with Crippen molar-refractivity contribution in [3.63, 3.8) is 0 Å². The number of hydrogen-bond donors (Lipinski definition) is 3. The lowest BCUT2D eigenvalue weighted by atomic mass is 10.3. The lowest BCUT2D eigenvalue weighted by Gasteiger charge is -2.11. The third-order valence-corrected chi connectivity index (χ3v) is 5.26. The smallest absolute Gasteiger partial charge is 0.240 e. The molecule has 0 aliphatic carbocycles. The summed E-state index contributed by atoms with van der Waals surface area (Å²) in [5.41, 5.74) is 1.09. The van der Waals surface area contributed by atoms with Crippen molar-refractivity contribution >= 4 is 27.5 Å². The van der Waals surface area contributed by atoms with Gasteiger partial charge in [0, 0.05) is 25.4 Å². The summed E-state index contributed by atoms with van der Waals surface area (Å²) < 4.78 is 27.0. The van der Waals surface area contributed by atoms with Crippen LogP contribution in [0.15, 0.2) is 59.6 Å². The number of aryl methyl sites for hydroxylation is 2. The molecule has 3 N–H and O–H groups in total. The van der Waals surface area contributed by atoms with Gasteiger partial charge in [-0.25, -0.2) is 28.1 Å². The molecule has 2 heterocycles. The van der Waals surface area contributed by atoms with Crippen LogP contribution in [0.4, 0.5) is 17.5 Å². The Kier molecular flexibility index (Phi) is 6.17. The summed E-state index contributed by atoms with van der Waals surface area (Å²) in [6, 6.07) is 13.9. The van der Waals surface area contributed by atoms with E-state index >= 15 is 0 Å². The molecule has 9 heteroatoms. The number of nitrogens with zero attached hydrogens (tertiary/aromatic N) is 3. The predicted octanol–water partition coefficient (Wildman–Crippen LogP) is 2.62. The van der Waals surface area contributed by atoms with Crippen LogP contribution in [0, 0.1) is 13.8 Å². The summed E-state index contributed by atoms with van der Waals surface area (Å²) in [5.74, 6) is 2.49. The number of sulfonamides is 1. The van der Waals surface area contributed by atoms with Crippen LogP contribution in [-0.2, 0) is 10.0 Å². The molecule has 0 fully saturated rings. The van der Waals surface area contributed by atoms with E-state index in [1.807, 2.05) is 19.1 Å². The highest BCUT2D eigenvalue weighted by Crippen LogP contribution is 2.16. The molecule has 0 saturated heterocycles. The van der Waals surface area contributed by atoms with Crippen molar-refractivity contribution in [2.75, 3.05) is 23.7 Å². The van der Waals surface area contributed by atoms with Gasteiger partial charge in [0.2, 0.25) is 10.0 Å². The molecule has 3 rings (SSSR count). The first-order valence-corrected chi connectivity index (χ1v) is 10.2. The third kappa shape index (κ3) is 5.48. The fourth-order valence-corrected chi connectivity index (χ4v) is 3.57. The maximum Gasteiger partial charge on any atom is 0.240 e. The molecule has 0 unspecified atom stereocenters. The molecular formula is C19H22N6O2S. The van der Waals surface area contributed by atoms with Gasteiger partial charge in [0.25, 0.3) is 0 Å². The summed E-state index contributed by atoms with van der Waals surface area (Å²) in [4.78, 5) is 13.2. The molecule has 0 radical (unpaired) electrons. The van der Waals surface area contributed by atoms with Crippen LogP contribution >= 0.6 is 0 Å². The Balaban J connectivity index is 1.58. The van der Waals surface area contributed by atoms with E-state index in [-0.39, 0.29) is 11.4 Å². The zero-order chi connectivity index (χ0) is 20.0. The fraction of sp³-hybridized carbons (Fsp3) is 0.211. The van der Waals surface area contributed by atoms with Crippen molar-refractivity contribution in [2.24, 2.45) is 0 Å². The van der Waals surface area contributed by atoms with Crippen molar-refractivity contribution in [1.29, 1.82) is 0 Å². The Bertz CT molecular complexity index is 1040. The van der Waals surface area contributed by atoms with Crippen LogP contribution in [0.3, 0.4) is 0 Å². The second-order valence-electron chi connectivity index (χ2n) is 6.17. The molecule has 0 spiro atoms. The van der Waals surface area contributed by atoms with Gasteiger partial charge >= 0.3 is 0 Å². The van der Waals surface area contributed by atoms with Gasteiger partial charge < -0.3 is 10.6 Å². The van der Waals surface area contributed by atoms with E-state index in [1.165, 1.54) is 0 Å². The molecule has 0 bridgehead atoms. The quantitative estimate of drug-likeness (QED) is 0.501. The minimum Gasteiger partial charge on any atom is -0.369 e. The normalized spacial score (nSPS) is 11.2. The molecule has 2 aromatic heterocycles. The van der Waals surface area contributed by atoms with E-state index in [9.17, 15) is 8.42 Å². The van der Waals surface area contributed by atoms with Crippen LogP contribution in [-0.4, -0.2) is 36.5 Å². The van der Waals surface area contributed by atoms with E-state index in [1.54, 1.807) is 49.5 Å².